The third-order valence-corrected chi connectivity index (χ3v) is 5.24. The summed E-state index contributed by atoms with van der Waals surface area (Å²) in [4.78, 5) is 12.4. The largest absolute Gasteiger partial charge is 0.504 e. The van der Waals surface area contributed by atoms with Gasteiger partial charge in [0, 0.05) is 16.1 Å². The minimum Gasteiger partial charge on any atom is -0.504 e. The molecule has 0 atom stereocenters. The molecule has 0 bridgehead atoms. The Kier molecular flexibility index (Phi) is 7.64. The first kappa shape index (κ1) is 23.8. The Morgan fingerprint density at radius 3 is 2.63 bits per heavy atom. The Hall–Kier alpha value is -4.30. The van der Waals surface area contributed by atoms with E-state index in [4.69, 9.17) is 21.1 Å². The molecule has 0 aliphatic rings. The molecule has 1 aromatic heterocycles. The van der Waals surface area contributed by atoms with Crippen LogP contribution in [0.15, 0.2) is 77.9 Å². The maximum atomic E-state index is 12.4. The van der Waals surface area contributed by atoms with Crippen molar-refractivity contribution in [2.45, 2.75) is 13.5 Å². The van der Waals surface area contributed by atoms with Crippen LogP contribution in [0.2, 0.25) is 5.02 Å². The molecule has 4 aromatic rings. The van der Waals surface area contributed by atoms with E-state index >= 15 is 0 Å². The number of carbonyl (C=O) groups excluding carboxylic acids is 1. The number of amides is 1. The number of H-pyrrole nitrogens is 1. The van der Waals surface area contributed by atoms with Gasteiger partial charge in [-0.15, -0.1) is 0 Å². The number of benzene rings is 3. The Morgan fingerprint density at radius 2 is 1.89 bits per heavy atom. The van der Waals surface area contributed by atoms with Crippen molar-refractivity contribution in [1.29, 1.82) is 0 Å². The van der Waals surface area contributed by atoms with Gasteiger partial charge in [-0.3, -0.25) is 9.89 Å². The number of ether oxygens (including phenoxy) is 2. The van der Waals surface area contributed by atoms with Crippen LogP contribution in [0, 0.1) is 0 Å². The van der Waals surface area contributed by atoms with Crippen molar-refractivity contribution >= 4 is 23.7 Å². The second-order valence-corrected chi connectivity index (χ2v) is 7.87. The average Bonchev–Trinajstić information content (AvgIpc) is 3.37. The van der Waals surface area contributed by atoms with E-state index in [1.807, 2.05) is 55.5 Å². The molecule has 0 spiro atoms. The van der Waals surface area contributed by atoms with Crippen LogP contribution in [0.5, 0.6) is 17.2 Å². The molecule has 0 aliphatic heterocycles. The minimum atomic E-state index is -0.469. The fraction of sp³-hybridized carbons (Fsp3) is 0.115. The number of nitrogens with one attached hydrogen (secondary N) is 2. The summed E-state index contributed by atoms with van der Waals surface area (Å²) in [6, 6.07) is 21.5. The van der Waals surface area contributed by atoms with Crippen LogP contribution in [0.3, 0.4) is 0 Å². The number of carbonyl (C=O) groups is 1. The van der Waals surface area contributed by atoms with Crippen molar-refractivity contribution in [3.8, 4) is 28.5 Å². The zero-order valence-corrected chi connectivity index (χ0v) is 19.6. The number of rotatable bonds is 9. The normalized spacial score (nSPS) is 10.9. The van der Waals surface area contributed by atoms with Crippen LogP contribution in [-0.4, -0.2) is 34.0 Å². The number of hydrazone groups is 1. The molecule has 35 heavy (non-hydrogen) atoms. The minimum absolute atomic E-state index is 0.0447. The SMILES string of the molecule is CCOc1cccc(C=NNC(=O)c2cc(-c3ccc(OCc4ccc(Cl)cc4)cc3)n[nH]2)c1O. The second-order valence-electron chi connectivity index (χ2n) is 7.43. The van der Waals surface area contributed by atoms with E-state index in [0.29, 0.717) is 41.0 Å². The quantitative estimate of drug-likeness (QED) is 0.221. The number of halogens is 1. The first-order valence-corrected chi connectivity index (χ1v) is 11.2. The molecule has 0 aliphatic carbocycles. The predicted molar refractivity (Wildman–Crippen MR) is 134 cm³/mol. The fourth-order valence-corrected chi connectivity index (χ4v) is 3.32. The summed E-state index contributed by atoms with van der Waals surface area (Å²) in [5.74, 6) is 0.547. The van der Waals surface area contributed by atoms with Crippen LogP contribution >= 0.6 is 11.6 Å². The molecule has 0 saturated heterocycles. The lowest BCUT2D eigenvalue weighted by Gasteiger charge is -2.07. The van der Waals surface area contributed by atoms with Crippen molar-refractivity contribution in [2.75, 3.05) is 6.61 Å². The summed E-state index contributed by atoms with van der Waals surface area (Å²) in [5, 5.41) is 21.7. The molecular weight excluding hydrogens is 468 g/mol. The summed E-state index contributed by atoms with van der Waals surface area (Å²) in [7, 11) is 0. The topological polar surface area (TPSA) is 109 Å². The monoisotopic (exact) mass is 490 g/mol. The van der Waals surface area contributed by atoms with E-state index in [2.05, 4.69) is 20.7 Å². The second kappa shape index (κ2) is 11.2. The lowest BCUT2D eigenvalue weighted by atomic mass is 10.1. The van der Waals surface area contributed by atoms with Gasteiger partial charge in [0.15, 0.2) is 11.5 Å². The maximum absolute atomic E-state index is 12.4. The third kappa shape index (κ3) is 6.18. The van der Waals surface area contributed by atoms with E-state index < -0.39 is 5.91 Å². The number of nitrogens with zero attached hydrogens (tertiary/aromatic N) is 2. The number of phenolic OH excluding ortho intramolecular Hbond substituents is 1. The summed E-state index contributed by atoms with van der Waals surface area (Å²) in [6.07, 6.45) is 1.34. The molecule has 0 radical (unpaired) electrons. The zero-order valence-electron chi connectivity index (χ0n) is 18.9. The first-order chi connectivity index (χ1) is 17.0. The molecule has 178 valence electrons. The molecule has 1 amide bonds. The standard InChI is InChI=1S/C26H23ClN4O4/c1-2-34-24-5-3-4-19(25(24)32)15-28-31-26(33)23-14-22(29-30-23)18-8-12-21(13-9-18)35-16-17-6-10-20(27)11-7-17/h3-15,32H,2,16H2,1H3,(H,29,30)(H,31,33). The van der Waals surface area contributed by atoms with E-state index in [9.17, 15) is 9.90 Å². The van der Waals surface area contributed by atoms with Gasteiger partial charge in [0.25, 0.3) is 5.91 Å². The molecule has 9 heteroatoms. The smallest absolute Gasteiger partial charge is 0.289 e. The molecule has 3 aromatic carbocycles. The molecule has 0 fully saturated rings. The van der Waals surface area contributed by atoms with Crippen molar-refractivity contribution in [3.63, 3.8) is 0 Å². The molecular formula is C26H23ClN4O4. The molecule has 4 rings (SSSR count). The number of hydrogen-bond acceptors (Lipinski definition) is 6. The highest BCUT2D eigenvalue weighted by atomic mass is 35.5. The van der Waals surface area contributed by atoms with E-state index in [-0.39, 0.29) is 11.4 Å². The predicted octanol–water partition coefficient (Wildman–Crippen LogP) is 5.18. The number of aromatic hydroxyl groups is 1. The van der Waals surface area contributed by atoms with Gasteiger partial charge >= 0.3 is 0 Å². The summed E-state index contributed by atoms with van der Waals surface area (Å²) in [6.45, 7) is 2.67. The van der Waals surface area contributed by atoms with Gasteiger partial charge in [0.1, 0.15) is 18.1 Å². The fourth-order valence-electron chi connectivity index (χ4n) is 3.19. The molecule has 3 N–H and O–H groups in total. The molecule has 0 saturated carbocycles. The van der Waals surface area contributed by atoms with E-state index in [1.165, 1.54) is 6.21 Å². The van der Waals surface area contributed by atoms with Crippen molar-refractivity contribution in [2.24, 2.45) is 5.10 Å². The third-order valence-electron chi connectivity index (χ3n) is 4.99. The summed E-state index contributed by atoms with van der Waals surface area (Å²) >= 11 is 5.90. The van der Waals surface area contributed by atoms with Gasteiger partial charge in [0.2, 0.25) is 0 Å². The van der Waals surface area contributed by atoms with E-state index in [1.54, 1.807) is 24.3 Å². The van der Waals surface area contributed by atoms with Crippen LogP contribution in [0.4, 0.5) is 0 Å². The average molecular weight is 491 g/mol. The highest BCUT2D eigenvalue weighted by molar-refractivity contribution is 6.30. The maximum Gasteiger partial charge on any atom is 0.289 e. The summed E-state index contributed by atoms with van der Waals surface area (Å²) < 4.78 is 11.1. The number of aromatic nitrogens is 2. The van der Waals surface area contributed by atoms with Crippen molar-refractivity contribution < 1.29 is 19.4 Å². The number of para-hydroxylation sites is 1. The Morgan fingerprint density at radius 1 is 1.11 bits per heavy atom. The van der Waals surface area contributed by atoms with Gasteiger partial charge in [-0.05, 0) is 67.1 Å². The van der Waals surface area contributed by atoms with Gasteiger partial charge in [-0.2, -0.15) is 10.2 Å². The van der Waals surface area contributed by atoms with Gasteiger partial charge in [-0.1, -0.05) is 29.8 Å². The summed E-state index contributed by atoms with van der Waals surface area (Å²) in [5.41, 5.74) is 5.51. The molecule has 1 heterocycles. The van der Waals surface area contributed by atoms with Crippen LogP contribution in [0.25, 0.3) is 11.3 Å². The van der Waals surface area contributed by atoms with Crippen LogP contribution in [-0.2, 0) is 6.61 Å². The Labute approximate surface area is 207 Å². The van der Waals surface area contributed by atoms with Crippen LogP contribution < -0.4 is 14.9 Å². The first-order valence-electron chi connectivity index (χ1n) is 10.8. The van der Waals surface area contributed by atoms with Gasteiger partial charge in [0.05, 0.1) is 18.5 Å². The van der Waals surface area contributed by atoms with Gasteiger partial charge in [-0.25, -0.2) is 5.43 Å². The molecule has 8 nitrogen and oxygen atoms in total. The number of aromatic amines is 1. The van der Waals surface area contributed by atoms with Crippen molar-refractivity contribution in [3.05, 3.63) is 94.6 Å². The highest BCUT2D eigenvalue weighted by Gasteiger charge is 2.11. The van der Waals surface area contributed by atoms with Crippen LogP contribution in [0.1, 0.15) is 28.5 Å². The number of phenols is 1. The Bertz CT molecular complexity index is 1320. The van der Waals surface area contributed by atoms with Gasteiger partial charge < -0.3 is 14.6 Å². The number of hydrogen-bond donors (Lipinski definition) is 3. The molecule has 0 unspecified atom stereocenters. The van der Waals surface area contributed by atoms with Crippen molar-refractivity contribution in [1.82, 2.24) is 15.6 Å². The van der Waals surface area contributed by atoms with E-state index in [0.717, 1.165) is 11.1 Å². The lowest BCUT2D eigenvalue weighted by molar-refractivity contribution is 0.0950. The Balaban J connectivity index is 1.34. The lowest BCUT2D eigenvalue weighted by Crippen LogP contribution is -2.18. The highest BCUT2D eigenvalue weighted by Crippen LogP contribution is 2.28. The zero-order chi connectivity index (χ0) is 24.6.